The Hall–Kier alpha value is -1.11. The molecule has 0 aliphatic heterocycles. The number of nitrogens with one attached hydrogen (secondary N) is 2. The Morgan fingerprint density at radius 3 is 2.89 bits per heavy atom. The smallest absolute Gasteiger partial charge is 0.206 e. The molecule has 0 amide bonds. The predicted molar refractivity (Wildman–Crippen MR) is 77.1 cm³/mol. The van der Waals surface area contributed by atoms with Crippen molar-refractivity contribution in [1.29, 1.82) is 0 Å². The molecule has 1 aromatic carbocycles. The highest BCUT2D eigenvalue weighted by Gasteiger charge is 1.99. The summed E-state index contributed by atoms with van der Waals surface area (Å²) in [5, 5.41) is 3.11. The summed E-state index contributed by atoms with van der Waals surface area (Å²) >= 11 is 3.48. The normalized spacial score (nSPS) is 11.4. The maximum absolute atomic E-state index is 5.40. The number of halogens is 1. The summed E-state index contributed by atoms with van der Waals surface area (Å²) in [5.74, 6) is 5.99. The lowest BCUT2D eigenvalue weighted by molar-refractivity contribution is 0.195. The lowest BCUT2D eigenvalue weighted by Crippen LogP contribution is -2.42. The fraction of sp³-hybridized carbons (Fsp3) is 0.417. The molecule has 4 N–H and O–H groups in total. The lowest BCUT2D eigenvalue weighted by Gasteiger charge is -2.09. The molecule has 18 heavy (non-hydrogen) atoms. The van der Waals surface area contributed by atoms with Gasteiger partial charge in [-0.3, -0.25) is 5.43 Å². The van der Waals surface area contributed by atoms with Crippen LogP contribution in [0.25, 0.3) is 0 Å². The van der Waals surface area contributed by atoms with Gasteiger partial charge in [0.05, 0.1) is 6.54 Å². The quantitative estimate of drug-likeness (QED) is 0.244. The summed E-state index contributed by atoms with van der Waals surface area (Å²) in [5.41, 5.74) is 3.67. The second-order valence-electron chi connectivity index (χ2n) is 3.67. The minimum Gasteiger partial charge on any atom is -0.385 e. The standard InChI is InChI=1S/C12H19BrN4O/c1-18-8-4-7-15-12(17-14)16-9-10-5-2-3-6-11(10)13/h2-3,5-6H,4,7-9,14H2,1H3,(H2,15,16,17). The molecule has 1 rings (SSSR count). The fourth-order valence-corrected chi connectivity index (χ4v) is 1.78. The van der Waals surface area contributed by atoms with E-state index < -0.39 is 0 Å². The van der Waals surface area contributed by atoms with E-state index in [0.29, 0.717) is 12.5 Å². The number of methoxy groups -OCH3 is 1. The van der Waals surface area contributed by atoms with E-state index in [1.165, 1.54) is 0 Å². The first kappa shape index (κ1) is 14.9. The maximum atomic E-state index is 5.40. The van der Waals surface area contributed by atoms with Crippen LogP contribution in [0.3, 0.4) is 0 Å². The van der Waals surface area contributed by atoms with Crippen LogP contribution < -0.4 is 16.6 Å². The molecular weight excluding hydrogens is 296 g/mol. The molecule has 6 heteroatoms. The third-order valence-corrected chi connectivity index (χ3v) is 3.09. The molecule has 0 heterocycles. The van der Waals surface area contributed by atoms with Crippen LogP contribution in [0.1, 0.15) is 12.0 Å². The van der Waals surface area contributed by atoms with Crippen molar-refractivity contribution in [3.05, 3.63) is 34.3 Å². The van der Waals surface area contributed by atoms with Crippen molar-refractivity contribution in [3.8, 4) is 0 Å². The number of guanidine groups is 1. The topological polar surface area (TPSA) is 71.7 Å². The average molecular weight is 315 g/mol. The van der Waals surface area contributed by atoms with Crippen molar-refractivity contribution >= 4 is 21.9 Å². The minimum atomic E-state index is 0.568. The van der Waals surface area contributed by atoms with Crippen LogP contribution in [0.4, 0.5) is 0 Å². The lowest BCUT2D eigenvalue weighted by atomic mass is 10.2. The highest BCUT2D eigenvalue weighted by Crippen LogP contribution is 2.16. The van der Waals surface area contributed by atoms with Crippen LogP contribution in [0.2, 0.25) is 0 Å². The molecule has 0 aromatic heterocycles. The third kappa shape index (κ3) is 5.48. The molecule has 100 valence electrons. The Bertz CT molecular complexity index is 384. The molecule has 0 radical (unpaired) electrons. The molecule has 0 aliphatic carbocycles. The zero-order valence-corrected chi connectivity index (χ0v) is 12.0. The predicted octanol–water partition coefficient (Wildman–Crippen LogP) is 1.39. The molecule has 5 nitrogen and oxygen atoms in total. The second-order valence-corrected chi connectivity index (χ2v) is 4.53. The Morgan fingerprint density at radius 2 is 2.22 bits per heavy atom. The number of aliphatic imine (C=N–C) groups is 1. The van der Waals surface area contributed by atoms with Gasteiger partial charge in [0.2, 0.25) is 5.96 Å². The Kier molecular flexibility index (Phi) is 7.40. The van der Waals surface area contributed by atoms with Crippen LogP contribution >= 0.6 is 15.9 Å². The monoisotopic (exact) mass is 314 g/mol. The van der Waals surface area contributed by atoms with Gasteiger partial charge in [0.25, 0.3) is 0 Å². The van der Waals surface area contributed by atoms with E-state index in [1.54, 1.807) is 7.11 Å². The summed E-state index contributed by atoms with van der Waals surface area (Å²) < 4.78 is 6.01. The second kappa shape index (κ2) is 8.91. The van der Waals surface area contributed by atoms with Crippen molar-refractivity contribution in [2.24, 2.45) is 10.8 Å². The molecule has 0 saturated heterocycles. The van der Waals surface area contributed by atoms with Gasteiger partial charge in [-0.05, 0) is 18.1 Å². The number of hydrogen-bond acceptors (Lipinski definition) is 3. The molecule has 0 aliphatic rings. The van der Waals surface area contributed by atoms with Crippen LogP contribution in [-0.2, 0) is 11.3 Å². The molecule has 0 atom stereocenters. The van der Waals surface area contributed by atoms with Crippen molar-refractivity contribution in [2.45, 2.75) is 13.0 Å². The highest BCUT2D eigenvalue weighted by molar-refractivity contribution is 9.10. The van der Waals surface area contributed by atoms with E-state index in [-0.39, 0.29) is 0 Å². The number of ether oxygens (including phenoxy) is 1. The number of rotatable bonds is 6. The SMILES string of the molecule is COCCCNC(=NCc1ccccc1Br)NN. The molecule has 0 bridgehead atoms. The molecule has 0 unspecified atom stereocenters. The van der Waals surface area contributed by atoms with Gasteiger partial charge in [-0.1, -0.05) is 34.1 Å². The summed E-state index contributed by atoms with van der Waals surface area (Å²) in [4.78, 5) is 4.37. The molecule has 0 fully saturated rings. The van der Waals surface area contributed by atoms with Crippen molar-refractivity contribution in [3.63, 3.8) is 0 Å². The van der Waals surface area contributed by atoms with Crippen molar-refractivity contribution in [2.75, 3.05) is 20.3 Å². The fourth-order valence-electron chi connectivity index (χ4n) is 1.37. The van der Waals surface area contributed by atoms with E-state index in [0.717, 1.165) is 29.6 Å². The summed E-state index contributed by atoms with van der Waals surface area (Å²) in [6.07, 6.45) is 0.909. The largest absolute Gasteiger partial charge is 0.385 e. The van der Waals surface area contributed by atoms with E-state index in [4.69, 9.17) is 10.6 Å². The molecule has 0 spiro atoms. The zero-order valence-electron chi connectivity index (χ0n) is 10.4. The maximum Gasteiger partial charge on any atom is 0.206 e. The van der Waals surface area contributed by atoms with Gasteiger partial charge in [-0.2, -0.15) is 0 Å². The van der Waals surface area contributed by atoms with Gasteiger partial charge in [0.15, 0.2) is 0 Å². The van der Waals surface area contributed by atoms with Gasteiger partial charge in [-0.15, -0.1) is 0 Å². The number of hydrogen-bond donors (Lipinski definition) is 3. The number of hydrazine groups is 1. The third-order valence-electron chi connectivity index (χ3n) is 2.32. The molecule has 1 aromatic rings. The van der Waals surface area contributed by atoms with Gasteiger partial charge >= 0.3 is 0 Å². The Labute approximate surface area is 116 Å². The Balaban J connectivity index is 2.45. The van der Waals surface area contributed by atoms with Gasteiger partial charge in [-0.25, -0.2) is 10.8 Å². The number of nitrogens with zero attached hydrogens (tertiary/aromatic N) is 1. The highest BCUT2D eigenvalue weighted by atomic mass is 79.9. The summed E-state index contributed by atoms with van der Waals surface area (Å²) in [6.45, 7) is 2.06. The number of benzene rings is 1. The molecular formula is C12H19BrN4O. The van der Waals surface area contributed by atoms with Gasteiger partial charge < -0.3 is 10.1 Å². The van der Waals surface area contributed by atoms with E-state index in [1.807, 2.05) is 24.3 Å². The Morgan fingerprint density at radius 1 is 1.44 bits per heavy atom. The van der Waals surface area contributed by atoms with Crippen LogP contribution in [0.5, 0.6) is 0 Å². The first-order valence-corrected chi connectivity index (χ1v) is 6.54. The van der Waals surface area contributed by atoms with Crippen molar-refractivity contribution in [1.82, 2.24) is 10.7 Å². The van der Waals surface area contributed by atoms with E-state index in [9.17, 15) is 0 Å². The molecule has 0 saturated carbocycles. The summed E-state index contributed by atoms with van der Waals surface area (Å²) in [6, 6.07) is 7.97. The zero-order chi connectivity index (χ0) is 13.2. The number of nitrogens with two attached hydrogens (primary N) is 1. The van der Waals surface area contributed by atoms with E-state index in [2.05, 4.69) is 31.7 Å². The van der Waals surface area contributed by atoms with Crippen LogP contribution in [0.15, 0.2) is 33.7 Å². The summed E-state index contributed by atoms with van der Waals surface area (Å²) in [7, 11) is 1.68. The van der Waals surface area contributed by atoms with Gasteiger partial charge in [0.1, 0.15) is 0 Å². The van der Waals surface area contributed by atoms with Gasteiger partial charge in [0, 0.05) is 24.7 Å². The van der Waals surface area contributed by atoms with Crippen LogP contribution in [0, 0.1) is 0 Å². The minimum absolute atomic E-state index is 0.568. The van der Waals surface area contributed by atoms with E-state index >= 15 is 0 Å². The van der Waals surface area contributed by atoms with Crippen LogP contribution in [-0.4, -0.2) is 26.2 Å². The first-order valence-electron chi connectivity index (χ1n) is 5.75. The average Bonchev–Trinajstić information content (AvgIpc) is 2.40. The van der Waals surface area contributed by atoms with Crippen molar-refractivity contribution < 1.29 is 4.74 Å². The first-order chi connectivity index (χ1) is 8.77.